The van der Waals surface area contributed by atoms with Crippen molar-refractivity contribution in [3.63, 3.8) is 0 Å². The number of aryl methyl sites for hydroxylation is 1. The van der Waals surface area contributed by atoms with Gasteiger partial charge in [0.2, 0.25) is 0 Å². The average Bonchev–Trinajstić information content (AvgIpc) is 3.50. The number of nitrogens with one attached hydrogen (secondary N) is 2. The van der Waals surface area contributed by atoms with Crippen molar-refractivity contribution >= 4 is 28.5 Å². The highest BCUT2D eigenvalue weighted by atomic mass is 35.5. The highest BCUT2D eigenvalue weighted by Gasteiger charge is 2.36. The van der Waals surface area contributed by atoms with Gasteiger partial charge in [0, 0.05) is 40.5 Å². The zero-order valence-corrected chi connectivity index (χ0v) is 20.9. The summed E-state index contributed by atoms with van der Waals surface area (Å²) in [4.78, 5) is 23.3. The number of H-pyrrole nitrogens is 2. The van der Waals surface area contributed by atoms with E-state index in [2.05, 4.69) is 44.7 Å². The molecule has 0 saturated carbocycles. The first-order chi connectivity index (χ1) is 17.4. The fourth-order valence-corrected chi connectivity index (χ4v) is 5.17. The van der Waals surface area contributed by atoms with Crippen LogP contribution in [-0.4, -0.2) is 38.0 Å². The van der Waals surface area contributed by atoms with Crippen LogP contribution in [0.15, 0.2) is 60.9 Å². The van der Waals surface area contributed by atoms with E-state index in [9.17, 15) is 4.39 Å². The summed E-state index contributed by atoms with van der Waals surface area (Å²) in [5, 5.41) is 1.69. The van der Waals surface area contributed by atoms with Gasteiger partial charge < -0.3 is 14.9 Å². The van der Waals surface area contributed by atoms with Crippen LogP contribution >= 0.6 is 11.6 Å². The molecule has 8 heteroatoms. The first kappa shape index (κ1) is 22.7. The standard InChI is InChI=1S/C28H26ClFN6/c1-17-24(19-3-7-20(29)8-4-19)35-27(33-17)28(2)11-13-36(14-12-28)26-22-15-23(34-25(22)31-16-32-26)18-5-9-21(30)10-6-18/h3-10,15-16H,11-14H2,1-2H3,(H,33,35)(H,31,32,34). The Kier molecular flexibility index (Phi) is 5.52. The second-order valence-electron chi connectivity index (χ2n) is 9.76. The van der Waals surface area contributed by atoms with Gasteiger partial charge in [-0.1, -0.05) is 30.7 Å². The number of fused-ring (bicyclic) bond motifs is 1. The molecule has 0 radical (unpaired) electrons. The average molecular weight is 501 g/mol. The molecule has 36 heavy (non-hydrogen) atoms. The number of halogens is 2. The number of piperidine rings is 1. The fraction of sp³-hybridized carbons (Fsp3) is 0.250. The van der Waals surface area contributed by atoms with Gasteiger partial charge in [0.25, 0.3) is 0 Å². The zero-order valence-electron chi connectivity index (χ0n) is 20.1. The van der Waals surface area contributed by atoms with Crippen molar-refractivity contribution in [3.05, 3.63) is 83.3 Å². The van der Waals surface area contributed by atoms with E-state index in [1.807, 2.05) is 24.3 Å². The predicted octanol–water partition coefficient (Wildman–Crippen LogP) is 6.67. The molecule has 1 aliphatic heterocycles. The van der Waals surface area contributed by atoms with Crippen molar-refractivity contribution in [2.75, 3.05) is 18.0 Å². The van der Waals surface area contributed by atoms with Crippen molar-refractivity contribution in [2.24, 2.45) is 0 Å². The molecule has 1 fully saturated rings. The Labute approximate surface area is 213 Å². The van der Waals surface area contributed by atoms with Crippen LogP contribution in [-0.2, 0) is 5.41 Å². The van der Waals surface area contributed by atoms with Gasteiger partial charge >= 0.3 is 0 Å². The molecule has 4 heterocycles. The molecule has 0 spiro atoms. The quantitative estimate of drug-likeness (QED) is 0.289. The maximum atomic E-state index is 13.4. The normalized spacial score (nSPS) is 15.5. The van der Waals surface area contributed by atoms with Gasteiger partial charge in [0.1, 0.15) is 29.4 Å². The first-order valence-electron chi connectivity index (χ1n) is 12.1. The Morgan fingerprint density at radius 3 is 2.36 bits per heavy atom. The minimum absolute atomic E-state index is 0.0600. The van der Waals surface area contributed by atoms with E-state index >= 15 is 0 Å². The Morgan fingerprint density at radius 2 is 1.64 bits per heavy atom. The molecular weight excluding hydrogens is 475 g/mol. The summed E-state index contributed by atoms with van der Waals surface area (Å²) in [6, 6.07) is 16.3. The Bertz CT molecular complexity index is 1530. The first-order valence-corrected chi connectivity index (χ1v) is 12.5. The van der Waals surface area contributed by atoms with Crippen LogP contribution < -0.4 is 4.90 Å². The van der Waals surface area contributed by atoms with Crippen LogP contribution in [0, 0.1) is 12.7 Å². The van der Waals surface area contributed by atoms with Crippen LogP contribution in [0.3, 0.4) is 0 Å². The monoisotopic (exact) mass is 500 g/mol. The van der Waals surface area contributed by atoms with Crippen LogP contribution in [0.4, 0.5) is 10.2 Å². The molecule has 0 amide bonds. The van der Waals surface area contributed by atoms with Crippen molar-refractivity contribution in [1.29, 1.82) is 0 Å². The van der Waals surface area contributed by atoms with E-state index in [-0.39, 0.29) is 11.2 Å². The third-order valence-corrected chi connectivity index (χ3v) is 7.55. The zero-order chi connectivity index (χ0) is 24.9. The van der Waals surface area contributed by atoms with E-state index in [0.29, 0.717) is 0 Å². The van der Waals surface area contributed by atoms with Gasteiger partial charge in [0.05, 0.1) is 11.1 Å². The number of benzene rings is 2. The Balaban J connectivity index is 1.24. The van der Waals surface area contributed by atoms with Gasteiger partial charge in [0.15, 0.2) is 0 Å². The number of anilines is 1. The lowest BCUT2D eigenvalue weighted by Crippen LogP contribution is -2.42. The van der Waals surface area contributed by atoms with Crippen LogP contribution in [0.2, 0.25) is 5.02 Å². The third kappa shape index (κ3) is 4.03. The molecule has 0 aliphatic carbocycles. The third-order valence-electron chi connectivity index (χ3n) is 7.30. The second-order valence-corrected chi connectivity index (χ2v) is 10.2. The van der Waals surface area contributed by atoms with Crippen LogP contribution in [0.25, 0.3) is 33.5 Å². The lowest BCUT2D eigenvalue weighted by atomic mass is 9.79. The molecule has 6 nitrogen and oxygen atoms in total. The van der Waals surface area contributed by atoms with Crippen molar-refractivity contribution < 1.29 is 4.39 Å². The van der Waals surface area contributed by atoms with E-state index in [1.165, 1.54) is 12.1 Å². The number of hydrogen-bond donors (Lipinski definition) is 2. The van der Waals surface area contributed by atoms with Crippen LogP contribution in [0.5, 0.6) is 0 Å². The lowest BCUT2D eigenvalue weighted by molar-refractivity contribution is 0.345. The molecule has 2 N–H and O–H groups in total. The summed E-state index contributed by atoms with van der Waals surface area (Å²) in [7, 11) is 0. The smallest absolute Gasteiger partial charge is 0.143 e. The summed E-state index contributed by atoms with van der Waals surface area (Å²) in [6.07, 6.45) is 3.49. The molecule has 3 aromatic heterocycles. The van der Waals surface area contributed by atoms with Gasteiger partial charge in [-0.25, -0.2) is 19.3 Å². The van der Waals surface area contributed by atoms with Gasteiger partial charge in [-0.15, -0.1) is 0 Å². The van der Waals surface area contributed by atoms with Gasteiger partial charge in [-0.3, -0.25) is 0 Å². The summed E-state index contributed by atoms with van der Waals surface area (Å²) in [6.45, 7) is 6.07. The van der Waals surface area contributed by atoms with E-state index in [4.69, 9.17) is 16.6 Å². The highest BCUT2D eigenvalue weighted by Crippen LogP contribution is 2.38. The fourth-order valence-electron chi connectivity index (χ4n) is 5.05. The summed E-state index contributed by atoms with van der Waals surface area (Å²) in [5.74, 6) is 1.69. The molecule has 1 aliphatic rings. The predicted molar refractivity (Wildman–Crippen MR) is 142 cm³/mol. The molecule has 1 saturated heterocycles. The molecule has 182 valence electrons. The summed E-state index contributed by atoms with van der Waals surface area (Å²) < 4.78 is 13.4. The van der Waals surface area contributed by atoms with Crippen molar-refractivity contribution in [3.8, 4) is 22.5 Å². The number of nitrogens with zero attached hydrogens (tertiary/aromatic N) is 4. The van der Waals surface area contributed by atoms with E-state index in [1.54, 1.807) is 18.5 Å². The molecule has 0 bridgehead atoms. The van der Waals surface area contributed by atoms with Crippen LogP contribution in [0.1, 0.15) is 31.3 Å². The molecule has 0 atom stereocenters. The number of rotatable bonds is 4. The number of aromatic amines is 2. The Hall–Kier alpha value is -3.71. The maximum Gasteiger partial charge on any atom is 0.143 e. The SMILES string of the molecule is Cc1[nH]c(C2(C)CCN(c3ncnc4[nH]c(-c5ccc(F)cc5)cc34)CC2)nc1-c1ccc(Cl)cc1. The second kappa shape index (κ2) is 8.75. The highest BCUT2D eigenvalue weighted by molar-refractivity contribution is 6.30. The van der Waals surface area contributed by atoms with Crippen molar-refractivity contribution in [2.45, 2.75) is 32.1 Å². The topological polar surface area (TPSA) is 73.5 Å². The number of imidazole rings is 1. The van der Waals surface area contributed by atoms with E-state index < -0.39 is 0 Å². The number of aromatic nitrogens is 5. The summed E-state index contributed by atoms with van der Waals surface area (Å²) in [5.41, 5.74) is 5.63. The molecule has 5 aromatic rings. The molecular formula is C28H26ClFN6. The largest absolute Gasteiger partial charge is 0.356 e. The van der Waals surface area contributed by atoms with Gasteiger partial charge in [-0.05, 0) is 67.8 Å². The summed E-state index contributed by atoms with van der Waals surface area (Å²) >= 11 is 6.07. The molecule has 2 aromatic carbocycles. The number of hydrogen-bond acceptors (Lipinski definition) is 4. The van der Waals surface area contributed by atoms with E-state index in [0.717, 1.165) is 81.8 Å². The minimum atomic E-state index is -0.251. The maximum absolute atomic E-state index is 13.4. The molecule has 6 rings (SSSR count). The van der Waals surface area contributed by atoms with Gasteiger partial charge in [-0.2, -0.15) is 0 Å². The lowest BCUT2D eigenvalue weighted by Gasteiger charge is -2.38. The van der Waals surface area contributed by atoms with Crippen molar-refractivity contribution in [1.82, 2.24) is 24.9 Å². The minimum Gasteiger partial charge on any atom is -0.356 e. The Morgan fingerprint density at radius 1 is 0.944 bits per heavy atom. The molecule has 0 unspecified atom stereocenters.